The molecule has 0 atom stereocenters. The Morgan fingerprint density at radius 1 is 1.15 bits per heavy atom. The third kappa shape index (κ3) is 4.52. The first kappa shape index (κ1) is 24.5. The van der Waals surface area contributed by atoms with Crippen LogP contribution in [0, 0.1) is 26.6 Å². The fourth-order valence-electron chi connectivity index (χ4n) is 5.10. The first-order valence-corrected chi connectivity index (χ1v) is 11.4. The minimum absolute atomic E-state index is 0.0968. The molecule has 0 spiro atoms. The maximum atomic E-state index is 15.0. The van der Waals surface area contributed by atoms with Crippen LogP contribution in [-0.4, -0.2) is 17.6 Å². The maximum absolute atomic E-state index is 15.0. The topological polar surface area (TPSA) is 40.5 Å². The highest BCUT2D eigenvalue weighted by Crippen LogP contribution is 2.44. The molecule has 2 aromatic rings. The van der Waals surface area contributed by atoms with Crippen LogP contribution < -0.4 is 4.90 Å². The summed E-state index contributed by atoms with van der Waals surface area (Å²) in [6.45, 7) is 20.8. The molecule has 1 aliphatic heterocycles. The number of halogens is 1. The number of anilines is 1. The van der Waals surface area contributed by atoms with Crippen LogP contribution in [0.1, 0.15) is 54.2 Å². The number of fused-ring (bicyclic) bond motifs is 1. The van der Waals surface area contributed by atoms with E-state index >= 15 is 4.39 Å². The monoisotopic (exact) mass is 447 g/mol. The van der Waals surface area contributed by atoms with E-state index in [1.165, 1.54) is 0 Å². The number of carboxylic acid groups (broad SMARTS) is 1. The Bertz CT molecular complexity index is 1200. The average Bonchev–Trinajstić information content (AvgIpc) is 3.13. The van der Waals surface area contributed by atoms with E-state index in [1.807, 2.05) is 47.6 Å². The van der Waals surface area contributed by atoms with Gasteiger partial charge in [0.1, 0.15) is 5.82 Å². The lowest BCUT2D eigenvalue weighted by Gasteiger charge is -2.26. The molecule has 0 amide bonds. The Labute approximate surface area is 196 Å². The van der Waals surface area contributed by atoms with E-state index in [1.54, 1.807) is 6.07 Å². The number of aliphatic carboxylic acids is 1. The highest BCUT2D eigenvalue weighted by atomic mass is 19.1. The van der Waals surface area contributed by atoms with E-state index in [0.717, 1.165) is 80.9 Å². The molecular formula is C29H34FNO2. The Hall–Kier alpha value is -3.14. The van der Waals surface area contributed by atoms with Crippen LogP contribution in [0.5, 0.6) is 0 Å². The second-order valence-electron chi connectivity index (χ2n) is 9.13. The van der Waals surface area contributed by atoms with Gasteiger partial charge in [0, 0.05) is 17.9 Å². The van der Waals surface area contributed by atoms with Crippen LogP contribution in [0.4, 0.5) is 10.1 Å². The summed E-state index contributed by atoms with van der Waals surface area (Å²) >= 11 is 0. The standard InChI is InChI=1S/C29H34FNO2/c1-9-22-19(6)25(14-26(30)20(22)7)29-23-10-11-31(21(8)17(4)12-16(2)3)27(23)13-18(5)24(29)15-28(32)33/h12-14H,2,8-11,15H2,1,3-7H3,(H,32,33)/b17-12+. The first-order chi connectivity index (χ1) is 15.5. The molecule has 1 aliphatic rings. The molecule has 0 saturated heterocycles. The first-order valence-electron chi connectivity index (χ1n) is 11.4. The molecule has 0 radical (unpaired) electrons. The van der Waals surface area contributed by atoms with Gasteiger partial charge in [-0.2, -0.15) is 0 Å². The van der Waals surface area contributed by atoms with Crippen LogP contribution in [0.3, 0.4) is 0 Å². The number of hydrogen-bond acceptors (Lipinski definition) is 2. The van der Waals surface area contributed by atoms with Gasteiger partial charge in [-0.15, -0.1) is 0 Å². The van der Waals surface area contributed by atoms with Crippen molar-refractivity contribution in [1.29, 1.82) is 0 Å². The molecule has 174 valence electrons. The molecule has 33 heavy (non-hydrogen) atoms. The molecule has 0 unspecified atom stereocenters. The van der Waals surface area contributed by atoms with E-state index in [-0.39, 0.29) is 12.2 Å². The SMILES string of the molecule is C=C(C)/C=C(\C)C(=C)N1CCc2c1cc(C)c(CC(=O)O)c2-c1cc(F)c(C)c(CC)c1C. The predicted molar refractivity (Wildman–Crippen MR) is 136 cm³/mol. The minimum Gasteiger partial charge on any atom is -0.481 e. The summed E-state index contributed by atoms with van der Waals surface area (Å²) in [5, 5.41) is 9.66. The van der Waals surface area contributed by atoms with Gasteiger partial charge in [-0.05, 0) is 110 Å². The van der Waals surface area contributed by atoms with Crippen molar-refractivity contribution >= 4 is 11.7 Å². The quantitative estimate of drug-likeness (QED) is 0.464. The van der Waals surface area contributed by atoms with Gasteiger partial charge >= 0.3 is 5.97 Å². The number of aryl methyl sites for hydroxylation is 1. The van der Waals surface area contributed by atoms with Gasteiger partial charge in [-0.1, -0.05) is 31.7 Å². The molecule has 3 nitrogen and oxygen atoms in total. The number of rotatable bonds is 7. The van der Waals surface area contributed by atoms with Crippen LogP contribution in [-0.2, 0) is 24.1 Å². The number of allylic oxidation sites excluding steroid dienone is 3. The molecule has 0 fully saturated rings. The zero-order chi connectivity index (χ0) is 24.6. The van der Waals surface area contributed by atoms with E-state index in [4.69, 9.17) is 0 Å². The Balaban J connectivity index is 2.32. The number of hydrogen-bond donors (Lipinski definition) is 1. The fourth-order valence-corrected chi connectivity index (χ4v) is 5.10. The van der Waals surface area contributed by atoms with E-state index < -0.39 is 5.97 Å². The second kappa shape index (κ2) is 9.38. The molecule has 0 bridgehead atoms. The average molecular weight is 448 g/mol. The summed E-state index contributed by atoms with van der Waals surface area (Å²) in [7, 11) is 0. The molecule has 4 heteroatoms. The van der Waals surface area contributed by atoms with Gasteiger partial charge in [-0.3, -0.25) is 4.79 Å². The summed E-state index contributed by atoms with van der Waals surface area (Å²) in [6.07, 6.45) is 3.38. The number of benzene rings is 2. The van der Waals surface area contributed by atoms with Crippen molar-refractivity contribution in [3.8, 4) is 11.1 Å². The summed E-state index contributed by atoms with van der Waals surface area (Å²) in [5.41, 5.74) is 11.0. The smallest absolute Gasteiger partial charge is 0.307 e. The van der Waals surface area contributed by atoms with Crippen molar-refractivity contribution in [2.75, 3.05) is 11.4 Å². The summed E-state index contributed by atoms with van der Waals surface area (Å²) < 4.78 is 15.0. The summed E-state index contributed by atoms with van der Waals surface area (Å²) in [5.74, 6) is -1.14. The Kier molecular flexibility index (Phi) is 6.97. The number of carbonyl (C=O) groups is 1. The van der Waals surface area contributed by atoms with E-state index in [0.29, 0.717) is 5.56 Å². The lowest BCUT2D eigenvalue weighted by Crippen LogP contribution is -2.20. The van der Waals surface area contributed by atoms with Crippen molar-refractivity contribution in [2.24, 2.45) is 0 Å². The van der Waals surface area contributed by atoms with Gasteiger partial charge in [-0.25, -0.2) is 4.39 Å². The molecule has 0 aliphatic carbocycles. The van der Waals surface area contributed by atoms with Crippen molar-refractivity contribution in [3.05, 3.63) is 87.4 Å². The number of carboxylic acids is 1. The van der Waals surface area contributed by atoms with Crippen LogP contribution >= 0.6 is 0 Å². The van der Waals surface area contributed by atoms with Gasteiger partial charge in [0.05, 0.1) is 6.42 Å². The highest BCUT2D eigenvalue weighted by Gasteiger charge is 2.29. The molecule has 0 saturated carbocycles. The molecular weight excluding hydrogens is 413 g/mol. The Morgan fingerprint density at radius 2 is 1.82 bits per heavy atom. The zero-order valence-corrected chi connectivity index (χ0v) is 20.7. The minimum atomic E-state index is -0.889. The second-order valence-corrected chi connectivity index (χ2v) is 9.13. The summed E-state index contributed by atoms with van der Waals surface area (Å²) in [4.78, 5) is 14.0. The van der Waals surface area contributed by atoms with E-state index in [9.17, 15) is 9.90 Å². The largest absolute Gasteiger partial charge is 0.481 e. The van der Waals surface area contributed by atoms with Gasteiger partial charge < -0.3 is 10.0 Å². The van der Waals surface area contributed by atoms with Crippen LogP contribution in [0.25, 0.3) is 11.1 Å². The zero-order valence-electron chi connectivity index (χ0n) is 20.7. The molecule has 1 N–H and O–H groups in total. The maximum Gasteiger partial charge on any atom is 0.307 e. The highest BCUT2D eigenvalue weighted by molar-refractivity contribution is 5.87. The van der Waals surface area contributed by atoms with Gasteiger partial charge in [0.2, 0.25) is 0 Å². The molecule has 1 heterocycles. The van der Waals surface area contributed by atoms with Crippen molar-refractivity contribution in [3.63, 3.8) is 0 Å². The normalized spacial score (nSPS) is 13.3. The summed E-state index contributed by atoms with van der Waals surface area (Å²) in [6, 6.07) is 3.65. The third-order valence-corrected chi connectivity index (χ3v) is 6.75. The fraction of sp³-hybridized carbons (Fsp3) is 0.345. The van der Waals surface area contributed by atoms with Gasteiger partial charge in [0.15, 0.2) is 0 Å². The van der Waals surface area contributed by atoms with Gasteiger partial charge in [0.25, 0.3) is 0 Å². The number of nitrogens with zero attached hydrogens (tertiary/aromatic N) is 1. The van der Waals surface area contributed by atoms with Crippen LogP contribution in [0.2, 0.25) is 0 Å². The molecule has 3 rings (SSSR count). The van der Waals surface area contributed by atoms with Crippen molar-refractivity contribution < 1.29 is 14.3 Å². The van der Waals surface area contributed by atoms with E-state index in [2.05, 4.69) is 24.1 Å². The molecule has 0 aromatic heterocycles. The molecule has 2 aromatic carbocycles. The van der Waals surface area contributed by atoms with Crippen molar-refractivity contribution in [2.45, 2.75) is 60.8 Å². The predicted octanol–water partition coefficient (Wildman–Crippen LogP) is 7.01. The lowest BCUT2D eigenvalue weighted by atomic mass is 9.84. The third-order valence-electron chi connectivity index (χ3n) is 6.75. The Morgan fingerprint density at radius 3 is 2.39 bits per heavy atom. The van der Waals surface area contributed by atoms with Crippen molar-refractivity contribution in [1.82, 2.24) is 0 Å². The van der Waals surface area contributed by atoms with Crippen LogP contribution in [0.15, 0.2) is 48.2 Å². The lowest BCUT2D eigenvalue weighted by molar-refractivity contribution is -0.136.